The summed E-state index contributed by atoms with van der Waals surface area (Å²) in [5.41, 5.74) is 2.87. The van der Waals surface area contributed by atoms with Crippen molar-refractivity contribution in [3.8, 4) is 0 Å². The highest BCUT2D eigenvalue weighted by Gasteiger charge is 2.08. The Hall–Kier alpha value is -1.15. The highest BCUT2D eigenvalue weighted by atomic mass is 16.3. The van der Waals surface area contributed by atoms with Gasteiger partial charge in [-0.1, -0.05) is 30.7 Å². The maximum Gasteiger partial charge on any atom is 0.127 e. The third-order valence-electron chi connectivity index (χ3n) is 2.16. The van der Waals surface area contributed by atoms with Gasteiger partial charge in [-0.15, -0.1) is 0 Å². The molecule has 1 atom stereocenters. The van der Waals surface area contributed by atoms with Crippen LogP contribution in [0.25, 0.3) is 0 Å². The van der Waals surface area contributed by atoms with Crippen molar-refractivity contribution < 1.29 is 9.90 Å². The summed E-state index contributed by atoms with van der Waals surface area (Å²) in [6.45, 7) is 3.79. The first kappa shape index (κ1) is 9.93. The lowest BCUT2D eigenvalue weighted by Gasteiger charge is -2.10. The minimum absolute atomic E-state index is 0.00477. The molecule has 0 aliphatic rings. The average molecular weight is 178 g/mol. The third-order valence-corrected chi connectivity index (χ3v) is 2.16. The van der Waals surface area contributed by atoms with E-state index in [0.29, 0.717) is 0 Å². The van der Waals surface area contributed by atoms with Gasteiger partial charge in [-0.25, -0.2) is 0 Å². The van der Waals surface area contributed by atoms with E-state index < -0.39 is 0 Å². The van der Waals surface area contributed by atoms with Crippen molar-refractivity contribution >= 4 is 6.29 Å². The molecule has 0 spiro atoms. The summed E-state index contributed by atoms with van der Waals surface area (Å²) in [5.74, 6) is -0.136. The molecule has 0 saturated carbocycles. The van der Waals surface area contributed by atoms with E-state index in [-0.39, 0.29) is 12.5 Å². The van der Waals surface area contributed by atoms with E-state index in [1.807, 2.05) is 32.0 Å². The lowest BCUT2D eigenvalue weighted by molar-refractivity contribution is -0.108. The van der Waals surface area contributed by atoms with Gasteiger partial charge in [0.15, 0.2) is 0 Å². The molecule has 70 valence electrons. The standard InChI is InChI=1S/C11H14O2/c1-8-3-4-11(9(2)6-12)10(5-8)7-13/h3-6,9,13H,7H2,1-2H3. The minimum atomic E-state index is -0.136. The van der Waals surface area contributed by atoms with Crippen LogP contribution in [-0.2, 0) is 11.4 Å². The molecule has 0 aliphatic carbocycles. The first-order chi connectivity index (χ1) is 6.19. The Morgan fingerprint density at radius 1 is 1.54 bits per heavy atom. The van der Waals surface area contributed by atoms with Crippen LogP contribution in [0.5, 0.6) is 0 Å². The number of aliphatic hydroxyl groups is 1. The van der Waals surface area contributed by atoms with Crippen LogP contribution >= 0.6 is 0 Å². The smallest absolute Gasteiger partial charge is 0.127 e. The van der Waals surface area contributed by atoms with Crippen molar-refractivity contribution in [2.45, 2.75) is 26.4 Å². The molecule has 1 aromatic carbocycles. The van der Waals surface area contributed by atoms with Crippen molar-refractivity contribution in [1.82, 2.24) is 0 Å². The van der Waals surface area contributed by atoms with Crippen LogP contribution in [0.4, 0.5) is 0 Å². The van der Waals surface area contributed by atoms with Crippen LogP contribution < -0.4 is 0 Å². The quantitative estimate of drug-likeness (QED) is 0.716. The van der Waals surface area contributed by atoms with Crippen LogP contribution in [0.1, 0.15) is 29.5 Å². The second-order valence-corrected chi connectivity index (χ2v) is 3.29. The van der Waals surface area contributed by atoms with E-state index in [1.54, 1.807) is 0 Å². The van der Waals surface area contributed by atoms with Crippen LogP contribution in [0.2, 0.25) is 0 Å². The van der Waals surface area contributed by atoms with Gasteiger partial charge in [0.2, 0.25) is 0 Å². The van der Waals surface area contributed by atoms with Crippen molar-refractivity contribution in [2.24, 2.45) is 0 Å². The molecule has 2 nitrogen and oxygen atoms in total. The van der Waals surface area contributed by atoms with Crippen LogP contribution in [0.3, 0.4) is 0 Å². The van der Waals surface area contributed by atoms with Crippen molar-refractivity contribution in [3.05, 3.63) is 34.9 Å². The SMILES string of the molecule is Cc1ccc(C(C)C=O)c(CO)c1. The minimum Gasteiger partial charge on any atom is -0.392 e. The van der Waals surface area contributed by atoms with Gasteiger partial charge in [0.05, 0.1) is 6.61 Å². The van der Waals surface area contributed by atoms with E-state index in [9.17, 15) is 4.79 Å². The molecule has 0 heterocycles. The summed E-state index contributed by atoms with van der Waals surface area (Å²) in [7, 11) is 0. The fourth-order valence-corrected chi connectivity index (χ4v) is 1.39. The molecule has 13 heavy (non-hydrogen) atoms. The number of aldehydes is 1. The second kappa shape index (κ2) is 4.19. The molecule has 1 unspecified atom stereocenters. The van der Waals surface area contributed by atoms with E-state index in [1.165, 1.54) is 0 Å². The molecule has 0 bridgehead atoms. The number of hydrogen-bond acceptors (Lipinski definition) is 2. The van der Waals surface area contributed by atoms with E-state index in [0.717, 1.165) is 23.0 Å². The van der Waals surface area contributed by atoms with Gasteiger partial charge in [0, 0.05) is 5.92 Å². The summed E-state index contributed by atoms with van der Waals surface area (Å²) in [5, 5.41) is 9.07. The maximum atomic E-state index is 10.6. The van der Waals surface area contributed by atoms with Gasteiger partial charge in [0.1, 0.15) is 6.29 Å². The van der Waals surface area contributed by atoms with Crippen molar-refractivity contribution in [3.63, 3.8) is 0 Å². The molecule has 0 aliphatic heterocycles. The summed E-state index contributed by atoms with van der Waals surface area (Å²) in [6.07, 6.45) is 0.893. The van der Waals surface area contributed by atoms with Gasteiger partial charge >= 0.3 is 0 Å². The Labute approximate surface area is 78.2 Å². The number of benzene rings is 1. The zero-order chi connectivity index (χ0) is 9.84. The molecular formula is C11H14O2. The van der Waals surface area contributed by atoms with E-state index in [4.69, 9.17) is 5.11 Å². The molecule has 0 fully saturated rings. The lowest BCUT2D eigenvalue weighted by atomic mass is 9.96. The molecule has 1 rings (SSSR count). The summed E-state index contributed by atoms with van der Waals surface area (Å²) in [4.78, 5) is 10.6. The maximum absolute atomic E-state index is 10.6. The number of hydrogen-bond donors (Lipinski definition) is 1. The summed E-state index contributed by atoms with van der Waals surface area (Å²) in [6, 6.07) is 5.77. The lowest BCUT2D eigenvalue weighted by Crippen LogP contribution is -2.00. The largest absolute Gasteiger partial charge is 0.392 e. The van der Waals surface area contributed by atoms with Gasteiger partial charge in [-0.05, 0) is 18.1 Å². The number of carbonyl (C=O) groups excluding carboxylic acids is 1. The third kappa shape index (κ3) is 2.16. The Balaban J connectivity index is 3.12. The fourth-order valence-electron chi connectivity index (χ4n) is 1.39. The van der Waals surface area contributed by atoms with Crippen LogP contribution in [0, 0.1) is 6.92 Å². The topological polar surface area (TPSA) is 37.3 Å². The number of carbonyl (C=O) groups is 1. The number of aliphatic hydroxyl groups excluding tert-OH is 1. The Morgan fingerprint density at radius 3 is 2.77 bits per heavy atom. The molecule has 0 amide bonds. The summed E-state index contributed by atoms with van der Waals surface area (Å²) < 4.78 is 0. The monoisotopic (exact) mass is 178 g/mol. The van der Waals surface area contributed by atoms with Crippen molar-refractivity contribution in [1.29, 1.82) is 0 Å². The number of aryl methyl sites for hydroxylation is 1. The second-order valence-electron chi connectivity index (χ2n) is 3.29. The van der Waals surface area contributed by atoms with E-state index >= 15 is 0 Å². The predicted octanol–water partition coefficient (Wildman–Crippen LogP) is 1.79. The Bertz CT molecular complexity index is 305. The van der Waals surface area contributed by atoms with Gasteiger partial charge < -0.3 is 9.90 Å². The molecule has 0 aromatic heterocycles. The highest BCUT2D eigenvalue weighted by Crippen LogP contribution is 2.19. The first-order valence-electron chi connectivity index (χ1n) is 4.34. The normalized spacial score (nSPS) is 12.5. The number of rotatable bonds is 3. The Morgan fingerprint density at radius 2 is 2.23 bits per heavy atom. The van der Waals surface area contributed by atoms with Gasteiger partial charge in [-0.3, -0.25) is 0 Å². The average Bonchev–Trinajstić information content (AvgIpc) is 2.16. The molecular weight excluding hydrogens is 164 g/mol. The molecule has 0 saturated heterocycles. The first-order valence-corrected chi connectivity index (χ1v) is 4.34. The molecule has 1 N–H and O–H groups in total. The highest BCUT2D eigenvalue weighted by molar-refractivity contribution is 5.62. The molecule has 0 radical (unpaired) electrons. The molecule has 2 heteroatoms. The van der Waals surface area contributed by atoms with E-state index in [2.05, 4.69) is 0 Å². The van der Waals surface area contributed by atoms with Crippen LogP contribution in [-0.4, -0.2) is 11.4 Å². The summed E-state index contributed by atoms with van der Waals surface area (Å²) >= 11 is 0. The van der Waals surface area contributed by atoms with Gasteiger partial charge in [0.25, 0.3) is 0 Å². The molecule has 1 aromatic rings. The van der Waals surface area contributed by atoms with Crippen molar-refractivity contribution in [2.75, 3.05) is 0 Å². The Kier molecular flexibility index (Phi) is 3.20. The predicted molar refractivity (Wildman–Crippen MR) is 51.6 cm³/mol. The fraction of sp³-hybridized carbons (Fsp3) is 0.364. The zero-order valence-corrected chi connectivity index (χ0v) is 7.95. The zero-order valence-electron chi connectivity index (χ0n) is 7.95. The van der Waals surface area contributed by atoms with Crippen LogP contribution in [0.15, 0.2) is 18.2 Å². The van der Waals surface area contributed by atoms with Gasteiger partial charge in [-0.2, -0.15) is 0 Å².